The fourth-order valence-corrected chi connectivity index (χ4v) is 3.80. The Balaban J connectivity index is 1.77. The normalized spacial score (nSPS) is 13.6. The number of carbonyl (C=O) groups excluding carboxylic acids is 1. The average Bonchev–Trinajstić information content (AvgIpc) is 2.80. The maximum Gasteiger partial charge on any atom is 0.252 e. The second kappa shape index (κ2) is 10.8. The molecule has 3 rings (SSSR count). The van der Waals surface area contributed by atoms with Gasteiger partial charge < -0.3 is 21.3 Å². The van der Waals surface area contributed by atoms with Gasteiger partial charge in [-0.05, 0) is 54.5 Å². The molecular weight excluding hydrogens is 464 g/mol. The lowest BCUT2D eigenvalue weighted by molar-refractivity contribution is -0.117. The van der Waals surface area contributed by atoms with Gasteiger partial charge in [-0.2, -0.15) is 4.99 Å². The van der Waals surface area contributed by atoms with Gasteiger partial charge in [-0.15, -0.1) is 0 Å². The highest BCUT2D eigenvalue weighted by atomic mass is 32.2. The highest BCUT2D eigenvalue weighted by Gasteiger charge is 2.20. The number of aliphatic hydroxyl groups is 1. The number of hydrogen-bond acceptors (Lipinski definition) is 6. The van der Waals surface area contributed by atoms with Gasteiger partial charge in [0.05, 0.1) is 18.5 Å². The van der Waals surface area contributed by atoms with Gasteiger partial charge >= 0.3 is 0 Å². The molecule has 0 saturated carbocycles. The zero-order chi connectivity index (χ0) is 25.8. The topological polar surface area (TPSA) is 141 Å². The van der Waals surface area contributed by atoms with Crippen molar-refractivity contribution in [3.8, 4) is 11.5 Å². The second-order valence-electron chi connectivity index (χ2n) is 8.89. The Hall–Kier alpha value is -3.56. The van der Waals surface area contributed by atoms with Crippen LogP contribution >= 0.6 is 0 Å². The minimum atomic E-state index is -1.12. The van der Waals surface area contributed by atoms with Crippen LogP contribution in [0.3, 0.4) is 0 Å². The van der Waals surface area contributed by atoms with Crippen molar-refractivity contribution in [1.29, 1.82) is 0 Å². The fourth-order valence-electron chi connectivity index (χ4n) is 3.26. The van der Waals surface area contributed by atoms with E-state index in [4.69, 9.17) is 16.2 Å². The molecule has 1 unspecified atom stereocenters. The van der Waals surface area contributed by atoms with E-state index in [1.807, 2.05) is 25.1 Å². The first-order valence-electron chi connectivity index (χ1n) is 11.0. The van der Waals surface area contributed by atoms with Crippen molar-refractivity contribution in [3.63, 3.8) is 0 Å². The molecule has 1 amide bonds. The van der Waals surface area contributed by atoms with Crippen molar-refractivity contribution in [1.82, 2.24) is 4.98 Å². The number of hydrogen-bond donors (Lipinski definition) is 3. The molecule has 0 radical (unpaired) electrons. The summed E-state index contributed by atoms with van der Waals surface area (Å²) in [6, 6.07) is 12.6. The van der Waals surface area contributed by atoms with Crippen LogP contribution < -0.4 is 16.2 Å². The Bertz CT molecular complexity index is 1350. The molecule has 0 aliphatic rings. The quantitative estimate of drug-likeness (QED) is 0.322. The molecule has 0 aliphatic heterocycles. The van der Waals surface area contributed by atoms with Gasteiger partial charge in [0.1, 0.15) is 17.3 Å². The van der Waals surface area contributed by atoms with Crippen molar-refractivity contribution in [2.75, 3.05) is 12.9 Å². The molecular formula is C26H30N4O4S. The first-order valence-corrected chi connectivity index (χ1v) is 12.5. The summed E-state index contributed by atoms with van der Waals surface area (Å²) in [5, 5.41) is 10.2. The molecule has 0 fully saturated rings. The lowest BCUT2D eigenvalue weighted by Crippen LogP contribution is -2.27. The van der Waals surface area contributed by atoms with Gasteiger partial charge in [-0.25, -0.2) is 0 Å². The lowest BCUT2D eigenvalue weighted by atomic mass is 9.90. The number of aromatic nitrogens is 1. The highest BCUT2D eigenvalue weighted by molar-refractivity contribution is 7.84. The number of nitrogens with two attached hydrogens (primary N) is 2. The van der Waals surface area contributed by atoms with Crippen LogP contribution in [-0.4, -0.2) is 38.9 Å². The summed E-state index contributed by atoms with van der Waals surface area (Å²) in [6.45, 7) is 5.26. The van der Waals surface area contributed by atoms with Crippen molar-refractivity contribution in [2.24, 2.45) is 21.9 Å². The molecule has 5 N–H and O–H groups in total. The number of nitrogens with zero attached hydrogens (tertiary/aromatic N) is 2. The Morgan fingerprint density at radius 1 is 1.17 bits per heavy atom. The molecule has 184 valence electrons. The van der Waals surface area contributed by atoms with Crippen LogP contribution in [0.5, 0.6) is 11.5 Å². The fraction of sp³-hybridized carbons (Fsp3) is 0.269. The monoisotopic (exact) mass is 494 g/mol. The van der Waals surface area contributed by atoms with Crippen LogP contribution in [0.4, 0.5) is 0 Å². The lowest BCUT2D eigenvalue weighted by Gasteiger charge is -2.21. The van der Waals surface area contributed by atoms with Crippen LogP contribution in [0.25, 0.3) is 10.9 Å². The van der Waals surface area contributed by atoms with Crippen LogP contribution in [0.15, 0.2) is 70.3 Å². The SMILES string of the molecule is Cc1cc(CC(=O)N=C(N)/C=C(\N)C(C)(C)CO)ccc1Oc1ccnc2ccc(S(C)=O)cc12. The number of aliphatic hydroxyl groups excluding tert-OH is 1. The molecule has 1 heterocycles. The molecule has 1 aromatic heterocycles. The van der Waals surface area contributed by atoms with Gasteiger partial charge in [0.15, 0.2) is 0 Å². The molecule has 0 spiro atoms. The van der Waals surface area contributed by atoms with E-state index in [0.29, 0.717) is 22.1 Å². The number of rotatable bonds is 8. The molecule has 0 saturated heterocycles. The standard InChI is InChI=1S/C26H30N4O4S/c1-16-11-17(12-25(32)30-24(28)14-23(27)26(2,3)15-31)5-8-21(16)34-22-9-10-29-20-7-6-18(35(4)33)13-19(20)22/h5-11,13-14,31H,12,15,27H2,1-4H3,(H2,28,30,32)/b23-14-. The summed E-state index contributed by atoms with van der Waals surface area (Å²) >= 11 is 0. The first-order chi connectivity index (χ1) is 16.5. The molecule has 3 aromatic rings. The molecule has 0 aliphatic carbocycles. The number of benzene rings is 2. The highest BCUT2D eigenvalue weighted by Crippen LogP contribution is 2.32. The van der Waals surface area contributed by atoms with E-state index in [1.165, 1.54) is 6.08 Å². The molecule has 0 bridgehead atoms. The van der Waals surface area contributed by atoms with E-state index in [9.17, 15) is 14.1 Å². The number of fused-ring (bicyclic) bond motifs is 1. The van der Waals surface area contributed by atoms with E-state index in [0.717, 1.165) is 22.0 Å². The van der Waals surface area contributed by atoms with Crippen molar-refractivity contribution < 1.29 is 18.8 Å². The Kier molecular flexibility index (Phi) is 8.03. The molecule has 35 heavy (non-hydrogen) atoms. The molecule has 1 atom stereocenters. The smallest absolute Gasteiger partial charge is 0.252 e. The summed E-state index contributed by atoms with van der Waals surface area (Å²) < 4.78 is 18.1. The summed E-state index contributed by atoms with van der Waals surface area (Å²) in [5.41, 5.74) is 13.8. The average molecular weight is 495 g/mol. The number of aryl methyl sites for hydroxylation is 1. The third-order valence-electron chi connectivity index (χ3n) is 5.55. The number of carbonyl (C=O) groups is 1. The number of ether oxygens (including phenoxy) is 1. The number of pyridine rings is 1. The van der Waals surface area contributed by atoms with Crippen LogP contribution in [0, 0.1) is 12.3 Å². The largest absolute Gasteiger partial charge is 0.456 e. The van der Waals surface area contributed by atoms with Gasteiger partial charge in [0.2, 0.25) is 0 Å². The van der Waals surface area contributed by atoms with Crippen LogP contribution in [0.1, 0.15) is 25.0 Å². The Morgan fingerprint density at radius 3 is 2.57 bits per heavy atom. The Morgan fingerprint density at radius 2 is 1.91 bits per heavy atom. The number of amides is 1. The van der Waals surface area contributed by atoms with E-state index in [1.54, 1.807) is 50.6 Å². The van der Waals surface area contributed by atoms with Crippen molar-refractivity contribution in [3.05, 3.63) is 71.6 Å². The minimum absolute atomic E-state index is 0.0114. The van der Waals surface area contributed by atoms with Gasteiger partial charge in [0, 0.05) is 44.6 Å². The first kappa shape index (κ1) is 26.1. The summed E-state index contributed by atoms with van der Waals surface area (Å²) in [7, 11) is -1.12. The van der Waals surface area contributed by atoms with Crippen molar-refractivity contribution in [2.45, 2.75) is 32.1 Å². The van der Waals surface area contributed by atoms with Gasteiger partial charge in [-0.1, -0.05) is 26.0 Å². The van der Waals surface area contributed by atoms with Crippen molar-refractivity contribution >= 4 is 33.4 Å². The third-order valence-corrected chi connectivity index (χ3v) is 6.47. The minimum Gasteiger partial charge on any atom is -0.456 e. The van der Waals surface area contributed by atoms with E-state index < -0.39 is 22.1 Å². The zero-order valence-corrected chi connectivity index (χ0v) is 21.1. The number of aliphatic imine (C=N–C) groups is 1. The van der Waals surface area contributed by atoms with Gasteiger partial charge in [-0.3, -0.25) is 14.0 Å². The van der Waals surface area contributed by atoms with Crippen LogP contribution in [-0.2, 0) is 22.0 Å². The molecule has 2 aromatic carbocycles. The summed E-state index contributed by atoms with van der Waals surface area (Å²) in [4.78, 5) is 21.3. The maximum atomic E-state index is 12.4. The summed E-state index contributed by atoms with van der Waals surface area (Å²) in [6.07, 6.45) is 4.74. The predicted molar refractivity (Wildman–Crippen MR) is 139 cm³/mol. The number of amidine groups is 1. The van der Waals surface area contributed by atoms with E-state index in [2.05, 4.69) is 9.98 Å². The second-order valence-corrected chi connectivity index (χ2v) is 10.3. The zero-order valence-electron chi connectivity index (χ0n) is 20.2. The Labute approximate surface area is 207 Å². The maximum absolute atomic E-state index is 12.4. The third kappa shape index (κ3) is 6.52. The molecule has 8 nitrogen and oxygen atoms in total. The summed E-state index contributed by atoms with van der Waals surface area (Å²) in [5.74, 6) is 0.799. The predicted octanol–water partition coefficient (Wildman–Crippen LogP) is 3.36. The van der Waals surface area contributed by atoms with E-state index >= 15 is 0 Å². The van der Waals surface area contributed by atoms with Crippen LogP contribution in [0.2, 0.25) is 0 Å². The van der Waals surface area contributed by atoms with E-state index in [-0.39, 0.29) is 18.9 Å². The van der Waals surface area contributed by atoms with Gasteiger partial charge in [0.25, 0.3) is 5.91 Å². The molecule has 9 heteroatoms.